The highest BCUT2D eigenvalue weighted by molar-refractivity contribution is 5.92. The molecular weight excluding hydrogens is 378 g/mol. The van der Waals surface area contributed by atoms with Gasteiger partial charge in [-0.3, -0.25) is 4.79 Å². The molecule has 0 unspecified atom stereocenters. The molecule has 1 aliphatic heterocycles. The van der Waals surface area contributed by atoms with E-state index in [1.165, 1.54) is 0 Å². The van der Waals surface area contributed by atoms with Crippen molar-refractivity contribution in [2.45, 2.75) is 32.8 Å². The maximum atomic E-state index is 13.0. The van der Waals surface area contributed by atoms with Crippen molar-refractivity contribution in [2.24, 2.45) is 0 Å². The second kappa shape index (κ2) is 9.03. The first-order valence-corrected chi connectivity index (χ1v) is 10.5. The van der Waals surface area contributed by atoms with E-state index in [0.717, 1.165) is 35.7 Å². The van der Waals surface area contributed by atoms with Gasteiger partial charge in [0.05, 0.1) is 12.3 Å². The fraction of sp³-hybridized carbons (Fsp3) is 0.333. The van der Waals surface area contributed by atoms with E-state index in [1.807, 2.05) is 84.1 Å². The Bertz CT molecular complexity index is 992. The van der Waals surface area contributed by atoms with Crippen LogP contribution in [0.1, 0.15) is 35.9 Å². The lowest BCUT2D eigenvalue weighted by molar-refractivity contribution is 0.0583. The Morgan fingerprint density at radius 1 is 1.03 bits per heavy atom. The predicted octanol–water partition coefficient (Wildman–Crippen LogP) is 4.26. The maximum Gasteiger partial charge on any atom is 0.274 e. The summed E-state index contributed by atoms with van der Waals surface area (Å²) in [6.07, 6.45) is 1.63. The molecule has 2 heterocycles. The number of piperidine rings is 1. The lowest BCUT2D eigenvalue weighted by Crippen LogP contribution is -2.42. The number of aryl methyl sites for hydroxylation is 1. The third-order valence-electron chi connectivity index (χ3n) is 5.28. The number of nitrogens with zero attached hydrogens (tertiary/aromatic N) is 3. The Kier molecular flexibility index (Phi) is 6.02. The average Bonchev–Trinajstić information content (AvgIpc) is 3.17. The Balaban J connectivity index is 1.38. The summed E-state index contributed by atoms with van der Waals surface area (Å²) in [5, 5.41) is 4.55. The van der Waals surface area contributed by atoms with Gasteiger partial charge in [0.15, 0.2) is 17.2 Å². The van der Waals surface area contributed by atoms with Gasteiger partial charge in [0.2, 0.25) is 0 Å². The molecule has 30 heavy (non-hydrogen) atoms. The van der Waals surface area contributed by atoms with Crippen molar-refractivity contribution in [3.05, 3.63) is 72.1 Å². The van der Waals surface area contributed by atoms with Crippen LogP contribution in [0.15, 0.2) is 60.7 Å². The molecule has 6 nitrogen and oxygen atoms in total. The number of amides is 1. The summed E-state index contributed by atoms with van der Waals surface area (Å²) < 4.78 is 13.6. The van der Waals surface area contributed by atoms with Crippen LogP contribution in [0.2, 0.25) is 0 Å². The van der Waals surface area contributed by atoms with Crippen LogP contribution >= 0.6 is 0 Å². The van der Waals surface area contributed by atoms with Gasteiger partial charge >= 0.3 is 0 Å². The summed E-state index contributed by atoms with van der Waals surface area (Å²) >= 11 is 0. The van der Waals surface area contributed by atoms with Crippen LogP contribution in [0.5, 0.6) is 11.5 Å². The summed E-state index contributed by atoms with van der Waals surface area (Å²) in [4.78, 5) is 14.9. The Hall–Kier alpha value is -3.28. The third kappa shape index (κ3) is 4.32. The van der Waals surface area contributed by atoms with Crippen molar-refractivity contribution in [3.63, 3.8) is 0 Å². The van der Waals surface area contributed by atoms with Gasteiger partial charge in [-0.05, 0) is 44.2 Å². The molecule has 156 valence electrons. The van der Waals surface area contributed by atoms with Crippen molar-refractivity contribution in [3.8, 4) is 17.2 Å². The van der Waals surface area contributed by atoms with E-state index in [1.54, 1.807) is 0 Å². The average molecular weight is 405 g/mol. The summed E-state index contributed by atoms with van der Waals surface area (Å²) in [6.45, 7) is 5.83. The van der Waals surface area contributed by atoms with Crippen LogP contribution in [0.3, 0.4) is 0 Å². The molecule has 0 aliphatic carbocycles. The molecule has 1 aromatic heterocycles. The largest absolute Gasteiger partial charge is 0.490 e. The highest BCUT2D eigenvalue weighted by Gasteiger charge is 2.27. The topological polar surface area (TPSA) is 56.6 Å². The Labute approximate surface area is 177 Å². The number of carbonyl (C=O) groups excluding carboxylic acids is 1. The molecule has 1 saturated heterocycles. The summed E-state index contributed by atoms with van der Waals surface area (Å²) in [6, 6.07) is 19.5. The number of rotatable bonds is 6. The van der Waals surface area contributed by atoms with Gasteiger partial charge in [-0.15, -0.1) is 0 Å². The molecule has 2 aromatic carbocycles. The van der Waals surface area contributed by atoms with Crippen LogP contribution < -0.4 is 9.47 Å². The Morgan fingerprint density at radius 2 is 1.70 bits per heavy atom. The normalized spacial score (nSPS) is 14.5. The molecule has 0 spiro atoms. The zero-order valence-corrected chi connectivity index (χ0v) is 17.5. The van der Waals surface area contributed by atoms with E-state index >= 15 is 0 Å². The molecule has 1 fully saturated rings. The fourth-order valence-corrected chi connectivity index (χ4v) is 3.75. The van der Waals surface area contributed by atoms with Crippen molar-refractivity contribution in [1.82, 2.24) is 14.7 Å². The number of para-hydroxylation sites is 3. The van der Waals surface area contributed by atoms with E-state index in [2.05, 4.69) is 5.10 Å². The number of benzene rings is 2. The standard InChI is InChI=1S/C24H27N3O3/c1-3-29-22-11-7-8-12-23(22)30-20-13-15-26(16-14-20)24(28)21-17-18(2)27(25-21)19-9-5-4-6-10-19/h4-12,17,20H,3,13-16H2,1-2H3. The smallest absolute Gasteiger partial charge is 0.274 e. The van der Waals surface area contributed by atoms with E-state index in [4.69, 9.17) is 9.47 Å². The monoisotopic (exact) mass is 405 g/mol. The Morgan fingerprint density at radius 3 is 2.40 bits per heavy atom. The minimum atomic E-state index is -0.0269. The van der Waals surface area contributed by atoms with Gasteiger partial charge in [-0.1, -0.05) is 30.3 Å². The first kappa shape index (κ1) is 20.0. The van der Waals surface area contributed by atoms with E-state index in [9.17, 15) is 4.79 Å². The number of aromatic nitrogens is 2. The van der Waals surface area contributed by atoms with Gasteiger partial charge in [-0.2, -0.15) is 5.10 Å². The number of hydrogen-bond donors (Lipinski definition) is 0. The van der Waals surface area contributed by atoms with Crippen LogP contribution in [-0.2, 0) is 0 Å². The predicted molar refractivity (Wildman–Crippen MR) is 115 cm³/mol. The van der Waals surface area contributed by atoms with Crippen LogP contribution in [0.4, 0.5) is 0 Å². The number of carbonyl (C=O) groups is 1. The molecule has 6 heteroatoms. The summed E-state index contributed by atoms with van der Waals surface area (Å²) in [5.41, 5.74) is 2.38. The van der Waals surface area contributed by atoms with Crippen molar-refractivity contribution in [1.29, 1.82) is 0 Å². The molecule has 1 aliphatic rings. The number of ether oxygens (including phenoxy) is 2. The lowest BCUT2D eigenvalue weighted by atomic mass is 10.1. The molecule has 1 amide bonds. The lowest BCUT2D eigenvalue weighted by Gasteiger charge is -2.32. The highest BCUT2D eigenvalue weighted by atomic mass is 16.5. The highest BCUT2D eigenvalue weighted by Crippen LogP contribution is 2.29. The number of hydrogen-bond acceptors (Lipinski definition) is 4. The molecule has 3 aromatic rings. The molecule has 0 bridgehead atoms. The minimum Gasteiger partial charge on any atom is -0.490 e. The van der Waals surface area contributed by atoms with Gasteiger partial charge in [0.25, 0.3) is 5.91 Å². The van der Waals surface area contributed by atoms with Crippen LogP contribution in [0.25, 0.3) is 5.69 Å². The molecule has 4 rings (SSSR count). The zero-order valence-electron chi connectivity index (χ0n) is 17.5. The quantitative estimate of drug-likeness (QED) is 0.615. The second-order valence-electron chi connectivity index (χ2n) is 7.41. The first-order chi connectivity index (χ1) is 14.7. The van der Waals surface area contributed by atoms with E-state index in [-0.39, 0.29) is 12.0 Å². The SMILES string of the molecule is CCOc1ccccc1OC1CCN(C(=O)c2cc(C)n(-c3ccccc3)n2)CC1. The van der Waals surface area contributed by atoms with Gasteiger partial charge in [-0.25, -0.2) is 4.68 Å². The maximum absolute atomic E-state index is 13.0. The molecule has 0 saturated carbocycles. The number of likely N-dealkylation sites (tertiary alicyclic amines) is 1. The van der Waals surface area contributed by atoms with E-state index in [0.29, 0.717) is 25.4 Å². The molecular formula is C24H27N3O3. The molecule has 0 radical (unpaired) electrons. The summed E-state index contributed by atoms with van der Waals surface area (Å²) in [7, 11) is 0. The zero-order chi connectivity index (χ0) is 20.9. The minimum absolute atomic E-state index is 0.0269. The van der Waals surface area contributed by atoms with Gasteiger partial charge in [0, 0.05) is 31.6 Å². The van der Waals surface area contributed by atoms with Crippen molar-refractivity contribution >= 4 is 5.91 Å². The molecule has 0 N–H and O–H groups in total. The van der Waals surface area contributed by atoms with Gasteiger partial charge < -0.3 is 14.4 Å². The summed E-state index contributed by atoms with van der Waals surface area (Å²) in [5.74, 6) is 1.50. The van der Waals surface area contributed by atoms with Crippen molar-refractivity contribution in [2.75, 3.05) is 19.7 Å². The first-order valence-electron chi connectivity index (χ1n) is 10.5. The second-order valence-corrected chi connectivity index (χ2v) is 7.41. The van der Waals surface area contributed by atoms with Crippen LogP contribution in [-0.4, -0.2) is 46.4 Å². The fourth-order valence-electron chi connectivity index (χ4n) is 3.75. The van der Waals surface area contributed by atoms with Crippen molar-refractivity contribution < 1.29 is 14.3 Å². The third-order valence-corrected chi connectivity index (χ3v) is 5.28. The van der Waals surface area contributed by atoms with Crippen LogP contribution in [0, 0.1) is 6.92 Å². The van der Waals surface area contributed by atoms with E-state index < -0.39 is 0 Å². The van der Waals surface area contributed by atoms with Gasteiger partial charge in [0.1, 0.15) is 6.10 Å². The molecule has 0 atom stereocenters.